The van der Waals surface area contributed by atoms with Gasteiger partial charge in [0.15, 0.2) is 5.76 Å². The lowest BCUT2D eigenvalue weighted by Crippen LogP contribution is -2.51. The second kappa shape index (κ2) is 8.37. The number of carbonyl (C=O) groups excluding carboxylic acids is 1. The molecule has 1 unspecified atom stereocenters. The van der Waals surface area contributed by atoms with Gasteiger partial charge in [-0.15, -0.1) is 0 Å². The number of nitrogens with one attached hydrogen (secondary N) is 1. The van der Waals surface area contributed by atoms with Crippen LogP contribution >= 0.6 is 0 Å². The van der Waals surface area contributed by atoms with Crippen LogP contribution in [-0.2, 0) is 6.61 Å². The Morgan fingerprint density at radius 3 is 2.32 bits per heavy atom. The smallest absolute Gasteiger partial charge is 0.287 e. The molecule has 2 aromatic rings. The summed E-state index contributed by atoms with van der Waals surface area (Å²) in [4.78, 5) is 12.7. The predicted octanol–water partition coefficient (Wildman–Crippen LogP) is 6.32. The van der Waals surface area contributed by atoms with E-state index in [0.717, 1.165) is 36.5 Å². The molecule has 1 amide bonds. The SMILES string of the molecule is CCC(C)c1ccc(OCc2ccc(C(=O)NCC34CC5CC(CC(C5)C3)C4)o2)cc1. The molecule has 4 bridgehead atoms. The lowest BCUT2D eigenvalue weighted by molar-refractivity contribution is -0.0504. The summed E-state index contributed by atoms with van der Waals surface area (Å²) in [6.45, 7) is 5.55. The Morgan fingerprint density at radius 2 is 1.71 bits per heavy atom. The van der Waals surface area contributed by atoms with E-state index in [1.807, 2.05) is 18.2 Å². The van der Waals surface area contributed by atoms with Crippen molar-refractivity contribution >= 4 is 5.91 Å². The van der Waals surface area contributed by atoms with Crippen LogP contribution in [0.2, 0.25) is 0 Å². The Bertz CT molecular complexity index is 878. The number of hydrogen-bond acceptors (Lipinski definition) is 3. The molecule has 4 nitrogen and oxygen atoms in total. The second-order valence-corrected chi connectivity index (χ2v) is 10.5. The van der Waals surface area contributed by atoms with Gasteiger partial charge in [-0.25, -0.2) is 0 Å². The van der Waals surface area contributed by atoms with E-state index in [2.05, 4.69) is 31.3 Å². The second-order valence-electron chi connectivity index (χ2n) is 10.5. The Hall–Kier alpha value is -2.23. The van der Waals surface area contributed by atoms with Crippen molar-refractivity contribution in [1.82, 2.24) is 5.32 Å². The Balaban J connectivity index is 1.13. The molecule has 1 aromatic heterocycles. The molecule has 4 saturated carbocycles. The van der Waals surface area contributed by atoms with E-state index < -0.39 is 0 Å². The Kier molecular flexibility index (Phi) is 5.58. The number of rotatable bonds is 8. The summed E-state index contributed by atoms with van der Waals surface area (Å²) in [7, 11) is 0. The molecule has 31 heavy (non-hydrogen) atoms. The molecule has 1 atom stereocenters. The van der Waals surface area contributed by atoms with Crippen LogP contribution in [0.15, 0.2) is 40.8 Å². The highest BCUT2D eigenvalue weighted by atomic mass is 16.5. The summed E-state index contributed by atoms with van der Waals surface area (Å²) in [5.41, 5.74) is 1.66. The molecule has 6 rings (SSSR count). The topological polar surface area (TPSA) is 51.5 Å². The van der Waals surface area contributed by atoms with Gasteiger partial charge in [0.2, 0.25) is 0 Å². The van der Waals surface area contributed by atoms with Gasteiger partial charge in [0, 0.05) is 6.54 Å². The average Bonchev–Trinajstić information content (AvgIpc) is 3.24. The quantitative estimate of drug-likeness (QED) is 0.543. The van der Waals surface area contributed by atoms with Crippen LogP contribution in [0.25, 0.3) is 0 Å². The van der Waals surface area contributed by atoms with Crippen molar-refractivity contribution in [2.24, 2.45) is 23.2 Å². The standard InChI is InChI=1S/C27H35NO3/c1-3-18(2)22-4-6-23(7-5-22)30-16-24-8-9-25(31-24)26(29)28-17-27-13-19-10-20(14-27)12-21(11-19)15-27/h4-9,18-21H,3,10-17H2,1-2H3,(H,28,29). The third-order valence-corrected chi connectivity index (χ3v) is 8.12. The van der Waals surface area contributed by atoms with Gasteiger partial charge in [-0.05, 0) is 104 Å². The highest BCUT2D eigenvalue weighted by molar-refractivity contribution is 5.91. The largest absolute Gasteiger partial charge is 0.486 e. The molecule has 0 spiro atoms. The predicted molar refractivity (Wildman–Crippen MR) is 121 cm³/mol. The van der Waals surface area contributed by atoms with Crippen molar-refractivity contribution < 1.29 is 13.9 Å². The number of hydrogen-bond donors (Lipinski definition) is 1. The number of furan rings is 1. The molecule has 1 aromatic carbocycles. The molecule has 4 fully saturated rings. The van der Waals surface area contributed by atoms with E-state index in [1.54, 1.807) is 6.07 Å². The highest BCUT2D eigenvalue weighted by Gasteiger charge is 2.50. The van der Waals surface area contributed by atoms with E-state index in [9.17, 15) is 4.79 Å². The minimum Gasteiger partial charge on any atom is -0.486 e. The van der Waals surface area contributed by atoms with Gasteiger partial charge in [0.05, 0.1) is 0 Å². The molecular weight excluding hydrogens is 386 g/mol. The summed E-state index contributed by atoms with van der Waals surface area (Å²) in [6, 6.07) is 11.9. The first-order valence-electron chi connectivity index (χ1n) is 12.1. The van der Waals surface area contributed by atoms with E-state index in [1.165, 1.54) is 44.1 Å². The van der Waals surface area contributed by atoms with Gasteiger partial charge in [-0.1, -0.05) is 26.0 Å². The zero-order valence-electron chi connectivity index (χ0n) is 18.9. The van der Waals surface area contributed by atoms with Crippen LogP contribution in [0, 0.1) is 23.2 Å². The van der Waals surface area contributed by atoms with E-state index >= 15 is 0 Å². The molecule has 4 aliphatic carbocycles. The fourth-order valence-electron chi connectivity index (χ4n) is 6.72. The number of carbonyl (C=O) groups is 1. The molecule has 0 radical (unpaired) electrons. The fourth-order valence-corrected chi connectivity index (χ4v) is 6.72. The molecule has 1 N–H and O–H groups in total. The van der Waals surface area contributed by atoms with E-state index in [-0.39, 0.29) is 5.91 Å². The molecule has 0 saturated heterocycles. The minimum atomic E-state index is -0.0973. The van der Waals surface area contributed by atoms with Crippen LogP contribution in [-0.4, -0.2) is 12.5 Å². The highest BCUT2D eigenvalue weighted by Crippen LogP contribution is 2.59. The van der Waals surface area contributed by atoms with Crippen molar-refractivity contribution in [3.8, 4) is 5.75 Å². The molecule has 4 heteroatoms. The fraction of sp³-hybridized carbons (Fsp3) is 0.593. The molecular formula is C27H35NO3. The summed E-state index contributed by atoms with van der Waals surface area (Å²) in [6.07, 6.45) is 9.30. The molecule has 1 heterocycles. The van der Waals surface area contributed by atoms with Crippen LogP contribution < -0.4 is 10.1 Å². The lowest BCUT2D eigenvalue weighted by atomic mass is 9.49. The maximum atomic E-state index is 12.7. The first-order chi connectivity index (χ1) is 15.0. The van der Waals surface area contributed by atoms with Crippen LogP contribution in [0.3, 0.4) is 0 Å². The normalized spacial score (nSPS) is 29.7. The van der Waals surface area contributed by atoms with Crippen molar-refractivity contribution in [1.29, 1.82) is 0 Å². The van der Waals surface area contributed by atoms with Gasteiger partial charge in [-0.3, -0.25) is 4.79 Å². The van der Waals surface area contributed by atoms with Crippen LogP contribution in [0.4, 0.5) is 0 Å². The van der Waals surface area contributed by atoms with E-state index in [0.29, 0.717) is 29.5 Å². The van der Waals surface area contributed by atoms with Crippen LogP contribution in [0.5, 0.6) is 5.75 Å². The summed E-state index contributed by atoms with van der Waals surface area (Å²) in [5, 5.41) is 3.19. The van der Waals surface area contributed by atoms with Crippen molar-refractivity contribution in [2.75, 3.05) is 6.54 Å². The van der Waals surface area contributed by atoms with Gasteiger partial charge >= 0.3 is 0 Å². The molecule has 166 valence electrons. The third-order valence-electron chi connectivity index (χ3n) is 8.12. The zero-order chi connectivity index (χ0) is 21.4. The Morgan fingerprint density at radius 1 is 1.06 bits per heavy atom. The van der Waals surface area contributed by atoms with Gasteiger partial charge in [0.1, 0.15) is 18.1 Å². The van der Waals surface area contributed by atoms with Gasteiger partial charge in [-0.2, -0.15) is 0 Å². The summed E-state index contributed by atoms with van der Waals surface area (Å²) >= 11 is 0. The van der Waals surface area contributed by atoms with Crippen molar-refractivity contribution in [2.45, 2.75) is 71.3 Å². The minimum absolute atomic E-state index is 0.0973. The van der Waals surface area contributed by atoms with Gasteiger partial charge in [0.25, 0.3) is 5.91 Å². The summed E-state index contributed by atoms with van der Waals surface area (Å²) < 4.78 is 11.6. The van der Waals surface area contributed by atoms with Crippen molar-refractivity contribution in [3.63, 3.8) is 0 Å². The Labute approximate surface area is 185 Å². The van der Waals surface area contributed by atoms with Crippen LogP contribution in [0.1, 0.15) is 86.6 Å². The average molecular weight is 422 g/mol. The number of amides is 1. The third kappa shape index (κ3) is 4.40. The first kappa shape index (κ1) is 20.7. The zero-order valence-corrected chi connectivity index (χ0v) is 18.9. The number of benzene rings is 1. The lowest BCUT2D eigenvalue weighted by Gasteiger charge is -2.56. The maximum absolute atomic E-state index is 12.7. The van der Waals surface area contributed by atoms with E-state index in [4.69, 9.17) is 9.15 Å². The number of ether oxygens (including phenoxy) is 1. The maximum Gasteiger partial charge on any atom is 0.287 e. The monoisotopic (exact) mass is 421 g/mol. The molecule has 4 aliphatic rings. The first-order valence-corrected chi connectivity index (χ1v) is 12.1. The van der Waals surface area contributed by atoms with Crippen molar-refractivity contribution in [3.05, 3.63) is 53.5 Å². The van der Waals surface area contributed by atoms with Gasteiger partial charge < -0.3 is 14.5 Å². The molecule has 0 aliphatic heterocycles. The summed E-state index contributed by atoms with van der Waals surface area (Å²) in [5.74, 6) is 5.02.